The average Bonchev–Trinajstić information content (AvgIpc) is 3.27. The molecular weight excluding hydrogens is 238 g/mol. The quantitative estimate of drug-likeness (QED) is 0.826. The predicted molar refractivity (Wildman–Crippen MR) is 75.9 cm³/mol. The summed E-state index contributed by atoms with van der Waals surface area (Å²) >= 11 is 0. The first kappa shape index (κ1) is 14.1. The van der Waals surface area contributed by atoms with Crippen molar-refractivity contribution in [2.45, 2.75) is 50.5 Å². The van der Waals surface area contributed by atoms with Gasteiger partial charge in [-0.05, 0) is 31.2 Å². The molecule has 1 aliphatic carbocycles. The van der Waals surface area contributed by atoms with Crippen LogP contribution in [0.2, 0.25) is 0 Å². The van der Waals surface area contributed by atoms with Gasteiger partial charge in [-0.1, -0.05) is 44.2 Å². The van der Waals surface area contributed by atoms with E-state index < -0.39 is 5.54 Å². The molecule has 1 amide bonds. The summed E-state index contributed by atoms with van der Waals surface area (Å²) in [5.74, 6) is 0.0662. The molecule has 0 saturated heterocycles. The van der Waals surface area contributed by atoms with Crippen LogP contribution in [-0.4, -0.2) is 23.2 Å². The third-order valence-electron chi connectivity index (χ3n) is 4.55. The van der Waals surface area contributed by atoms with Crippen LogP contribution >= 0.6 is 0 Å². The Bertz CT molecular complexity index is 425. The van der Waals surface area contributed by atoms with Crippen LogP contribution in [0.15, 0.2) is 30.3 Å². The fourth-order valence-corrected chi connectivity index (χ4v) is 2.58. The maximum Gasteiger partial charge on any atom is 0.231 e. The van der Waals surface area contributed by atoms with Crippen molar-refractivity contribution in [1.82, 2.24) is 5.32 Å². The largest absolute Gasteiger partial charge is 0.394 e. The van der Waals surface area contributed by atoms with Gasteiger partial charge in [-0.15, -0.1) is 0 Å². The van der Waals surface area contributed by atoms with Crippen molar-refractivity contribution >= 4 is 5.91 Å². The molecule has 2 rings (SSSR count). The second kappa shape index (κ2) is 5.33. The molecule has 0 radical (unpaired) electrons. The van der Waals surface area contributed by atoms with Crippen LogP contribution in [0.25, 0.3) is 0 Å². The molecule has 3 nitrogen and oxygen atoms in total. The van der Waals surface area contributed by atoms with Gasteiger partial charge in [0.1, 0.15) is 0 Å². The lowest BCUT2D eigenvalue weighted by molar-refractivity contribution is -0.126. The second-order valence-corrected chi connectivity index (χ2v) is 5.55. The molecule has 0 spiro atoms. The molecule has 1 saturated carbocycles. The highest BCUT2D eigenvalue weighted by Gasteiger charge is 2.52. The van der Waals surface area contributed by atoms with E-state index in [1.807, 2.05) is 44.2 Å². The molecule has 3 heteroatoms. The third kappa shape index (κ3) is 2.52. The van der Waals surface area contributed by atoms with Crippen LogP contribution < -0.4 is 5.32 Å². The Morgan fingerprint density at radius 1 is 1.26 bits per heavy atom. The predicted octanol–water partition coefficient (Wildman–Crippen LogP) is 2.39. The first-order valence-corrected chi connectivity index (χ1v) is 7.11. The monoisotopic (exact) mass is 261 g/mol. The van der Waals surface area contributed by atoms with Crippen molar-refractivity contribution in [3.63, 3.8) is 0 Å². The van der Waals surface area contributed by atoms with Crippen LogP contribution in [0.5, 0.6) is 0 Å². The molecule has 1 aliphatic rings. The van der Waals surface area contributed by atoms with Gasteiger partial charge in [0.25, 0.3) is 0 Å². The van der Waals surface area contributed by atoms with Gasteiger partial charge in [0.2, 0.25) is 5.91 Å². The molecule has 1 fully saturated rings. The van der Waals surface area contributed by atoms with E-state index in [4.69, 9.17) is 0 Å². The van der Waals surface area contributed by atoms with E-state index in [1.54, 1.807) is 0 Å². The Morgan fingerprint density at radius 3 is 2.26 bits per heavy atom. The molecular formula is C16H23NO2. The Labute approximate surface area is 115 Å². The van der Waals surface area contributed by atoms with Gasteiger partial charge in [-0.25, -0.2) is 0 Å². The minimum atomic E-state index is -0.471. The van der Waals surface area contributed by atoms with Crippen molar-refractivity contribution in [3.8, 4) is 0 Å². The van der Waals surface area contributed by atoms with Gasteiger partial charge in [0.05, 0.1) is 17.6 Å². The van der Waals surface area contributed by atoms with E-state index in [-0.39, 0.29) is 17.9 Å². The molecule has 1 aromatic rings. The minimum absolute atomic E-state index is 0.00336. The molecule has 19 heavy (non-hydrogen) atoms. The molecule has 2 N–H and O–H groups in total. The summed E-state index contributed by atoms with van der Waals surface area (Å²) in [4.78, 5) is 12.6. The highest BCUT2D eigenvalue weighted by molar-refractivity contribution is 5.91. The molecule has 0 unspecified atom stereocenters. The van der Waals surface area contributed by atoms with Crippen LogP contribution in [0.3, 0.4) is 0 Å². The number of benzene rings is 1. The van der Waals surface area contributed by atoms with Crippen molar-refractivity contribution in [1.29, 1.82) is 0 Å². The fraction of sp³-hybridized carbons (Fsp3) is 0.562. The second-order valence-electron chi connectivity index (χ2n) is 5.55. The van der Waals surface area contributed by atoms with Crippen molar-refractivity contribution in [3.05, 3.63) is 35.9 Å². The Hall–Kier alpha value is -1.35. The van der Waals surface area contributed by atoms with E-state index in [0.717, 1.165) is 31.2 Å². The highest BCUT2D eigenvalue weighted by Crippen LogP contribution is 2.48. The number of amides is 1. The van der Waals surface area contributed by atoms with Crippen molar-refractivity contribution in [2.24, 2.45) is 0 Å². The van der Waals surface area contributed by atoms with Gasteiger partial charge < -0.3 is 10.4 Å². The summed E-state index contributed by atoms with van der Waals surface area (Å²) in [6.07, 6.45) is 3.29. The Morgan fingerprint density at radius 2 is 1.84 bits per heavy atom. The summed E-state index contributed by atoms with van der Waals surface area (Å²) in [6.45, 7) is 4.00. The van der Waals surface area contributed by atoms with Crippen LogP contribution in [0, 0.1) is 0 Å². The third-order valence-corrected chi connectivity index (χ3v) is 4.55. The van der Waals surface area contributed by atoms with E-state index in [1.165, 1.54) is 0 Å². The zero-order chi connectivity index (χ0) is 13.9. The van der Waals surface area contributed by atoms with Crippen LogP contribution in [0.1, 0.15) is 45.1 Å². The molecule has 1 aromatic carbocycles. The first-order chi connectivity index (χ1) is 9.12. The fourth-order valence-electron chi connectivity index (χ4n) is 2.58. The molecule has 104 valence electrons. The lowest BCUT2D eigenvalue weighted by atomic mass is 9.89. The molecule has 0 aromatic heterocycles. The number of aliphatic hydroxyl groups is 1. The summed E-state index contributed by atoms with van der Waals surface area (Å²) in [7, 11) is 0. The maximum absolute atomic E-state index is 12.6. The van der Waals surface area contributed by atoms with Gasteiger partial charge in [0, 0.05) is 0 Å². The normalized spacial score (nSPS) is 17.0. The standard InChI is InChI=1S/C16H23NO2/c1-3-15(4-2,12-18)17-14(19)16(10-11-16)13-8-6-5-7-9-13/h5-9,18H,3-4,10-12H2,1-2H3,(H,17,19). The summed E-state index contributed by atoms with van der Waals surface area (Å²) < 4.78 is 0. The number of carbonyl (C=O) groups excluding carboxylic acids is 1. The number of rotatable bonds is 6. The van der Waals surface area contributed by atoms with E-state index in [2.05, 4.69) is 5.32 Å². The van der Waals surface area contributed by atoms with E-state index >= 15 is 0 Å². The maximum atomic E-state index is 12.6. The van der Waals surface area contributed by atoms with Gasteiger partial charge in [0.15, 0.2) is 0 Å². The average molecular weight is 261 g/mol. The van der Waals surface area contributed by atoms with E-state index in [9.17, 15) is 9.90 Å². The summed E-state index contributed by atoms with van der Waals surface area (Å²) in [5, 5.41) is 12.7. The first-order valence-electron chi connectivity index (χ1n) is 7.11. The molecule has 0 bridgehead atoms. The van der Waals surface area contributed by atoms with Gasteiger partial charge in [-0.2, -0.15) is 0 Å². The lowest BCUT2D eigenvalue weighted by Crippen LogP contribution is -2.53. The zero-order valence-electron chi connectivity index (χ0n) is 11.8. The SMILES string of the molecule is CCC(CC)(CO)NC(=O)C1(c2ccccc2)CC1. The molecule has 0 heterocycles. The highest BCUT2D eigenvalue weighted by atomic mass is 16.3. The number of hydrogen-bond acceptors (Lipinski definition) is 2. The summed E-state index contributed by atoms with van der Waals surface area (Å²) in [6, 6.07) is 9.95. The smallest absolute Gasteiger partial charge is 0.231 e. The summed E-state index contributed by atoms with van der Waals surface area (Å²) in [5.41, 5.74) is 0.263. The number of nitrogens with one attached hydrogen (secondary N) is 1. The molecule has 0 atom stereocenters. The van der Waals surface area contributed by atoms with Gasteiger partial charge >= 0.3 is 0 Å². The number of hydrogen-bond donors (Lipinski definition) is 2. The van der Waals surface area contributed by atoms with Crippen molar-refractivity contribution < 1.29 is 9.90 Å². The lowest BCUT2D eigenvalue weighted by Gasteiger charge is -2.32. The number of aliphatic hydroxyl groups excluding tert-OH is 1. The molecule has 0 aliphatic heterocycles. The topological polar surface area (TPSA) is 49.3 Å². The van der Waals surface area contributed by atoms with Gasteiger partial charge in [-0.3, -0.25) is 4.79 Å². The van der Waals surface area contributed by atoms with E-state index in [0.29, 0.717) is 0 Å². The Kier molecular flexibility index (Phi) is 3.95. The minimum Gasteiger partial charge on any atom is -0.394 e. The Balaban J connectivity index is 2.17. The number of carbonyl (C=O) groups is 1. The van der Waals surface area contributed by atoms with Crippen LogP contribution in [-0.2, 0) is 10.2 Å². The zero-order valence-corrected chi connectivity index (χ0v) is 11.8. The van der Waals surface area contributed by atoms with Crippen molar-refractivity contribution in [2.75, 3.05) is 6.61 Å². The van der Waals surface area contributed by atoms with Crippen LogP contribution in [0.4, 0.5) is 0 Å².